The summed E-state index contributed by atoms with van der Waals surface area (Å²) in [6.45, 7) is 4.88. The molecular formula is C31H37F2N3O2. The SMILES string of the molecule is CCc1cccc(CNCC(O)C(Cc2cc(F)cc(F)c2)NC(=O)c2ccc(N3CCCCC3)cc2)c1. The molecule has 1 fully saturated rings. The molecule has 0 spiro atoms. The monoisotopic (exact) mass is 521 g/mol. The zero-order valence-corrected chi connectivity index (χ0v) is 21.9. The van der Waals surface area contributed by atoms with Gasteiger partial charge in [0.15, 0.2) is 0 Å². The Morgan fingerprint density at radius 3 is 2.29 bits per heavy atom. The molecule has 4 rings (SSSR count). The first-order valence-corrected chi connectivity index (χ1v) is 13.5. The van der Waals surface area contributed by atoms with Gasteiger partial charge in [0, 0.05) is 43.5 Å². The average molecular weight is 522 g/mol. The first-order valence-electron chi connectivity index (χ1n) is 13.5. The van der Waals surface area contributed by atoms with Gasteiger partial charge in [0.25, 0.3) is 5.91 Å². The van der Waals surface area contributed by atoms with Gasteiger partial charge in [-0.2, -0.15) is 0 Å². The molecule has 0 aliphatic carbocycles. The number of nitrogens with zero attached hydrogens (tertiary/aromatic N) is 1. The summed E-state index contributed by atoms with van der Waals surface area (Å²) >= 11 is 0. The third-order valence-electron chi connectivity index (χ3n) is 7.09. The zero-order valence-electron chi connectivity index (χ0n) is 21.9. The minimum absolute atomic E-state index is 0.0838. The molecule has 1 aliphatic heterocycles. The van der Waals surface area contributed by atoms with Gasteiger partial charge in [-0.25, -0.2) is 8.78 Å². The molecule has 7 heteroatoms. The highest BCUT2D eigenvalue weighted by Crippen LogP contribution is 2.20. The van der Waals surface area contributed by atoms with Crippen LogP contribution in [-0.4, -0.2) is 42.8 Å². The summed E-state index contributed by atoms with van der Waals surface area (Å²) in [7, 11) is 0. The van der Waals surface area contributed by atoms with Crippen LogP contribution in [-0.2, 0) is 19.4 Å². The molecule has 0 aromatic heterocycles. The van der Waals surface area contributed by atoms with Crippen LogP contribution < -0.4 is 15.5 Å². The lowest BCUT2D eigenvalue weighted by molar-refractivity contribution is 0.0830. The number of anilines is 1. The minimum Gasteiger partial charge on any atom is -0.390 e. The number of carbonyl (C=O) groups is 1. The molecule has 1 aliphatic rings. The third kappa shape index (κ3) is 7.85. The molecule has 1 amide bonds. The highest BCUT2D eigenvalue weighted by Gasteiger charge is 2.23. The fourth-order valence-corrected chi connectivity index (χ4v) is 4.96. The van der Waals surface area contributed by atoms with E-state index in [1.165, 1.54) is 37.0 Å². The number of nitrogens with one attached hydrogen (secondary N) is 2. The predicted molar refractivity (Wildman–Crippen MR) is 147 cm³/mol. The number of aryl methyl sites for hydroxylation is 1. The van der Waals surface area contributed by atoms with Gasteiger partial charge in [-0.05, 0) is 85.2 Å². The normalized spacial score (nSPS) is 15.2. The number of piperidine rings is 1. The lowest BCUT2D eigenvalue weighted by Gasteiger charge is -2.29. The molecule has 3 aromatic carbocycles. The van der Waals surface area contributed by atoms with Crippen LogP contribution in [0.15, 0.2) is 66.7 Å². The van der Waals surface area contributed by atoms with Gasteiger partial charge in [-0.3, -0.25) is 4.79 Å². The fourth-order valence-electron chi connectivity index (χ4n) is 4.96. The number of hydrogen-bond donors (Lipinski definition) is 3. The van der Waals surface area contributed by atoms with Crippen LogP contribution in [0, 0.1) is 11.6 Å². The van der Waals surface area contributed by atoms with Gasteiger partial charge in [-0.1, -0.05) is 31.2 Å². The van der Waals surface area contributed by atoms with Crippen molar-refractivity contribution in [2.45, 2.75) is 57.7 Å². The van der Waals surface area contributed by atoms with E-state index in [-0.39, 0.29) is 18.9 Å². The average Bonchev–Trinajstić information content (AvgIpc) is 2.92. The number of hydrogen-bond acceptors (Lipinski definition) is 4. The van der Waals surface area contributed by atoms with Crippen molar-refractivity contribution in [2.75, 3.05) is 24.5 Å². The molecule has 1 heterocycles. The third-order valence-corrected chi connectivity index (χ3v) is 7.09. The van der Waals surface area contributed by atoms with Gasteiger partial charge in [0.1, 0.15) is 11.6 Å². The Morgan fingerprint density at radius 2 is 1.61 bits per heavy atom. The minimum atomic E-state index is -0.979. The molecule has 2 unspecified atom stereocenters. The molecule has 3 N–H and O–H groups in total. The maximum atomic E-state index is 13.8. The van der Waals surface area contributed by atoms with Crippen LogP contribution in [0.2, 0.25) is 0 Å². The fraction of sp³-hybridized carbons (Fsp3) is 0.387. The van der Waals surface area contributed by atoms with Crippen LogP contribution in [0.25, 0.3) is 0 Å². The topological polar surface area (TPSA) is 64.6 Å². The smallest absolute Gasteiger partial charge is 0.251 e. The van der Waals surface area contributed by atoms with Gasteiger partial charge in [-0.15, -0.1) is 0 Å². The molecule has 0 bridgehead atoms. The number of aliphatic hydroxyl groups excluding tert-OH is 1. The first-order chi connectivity index (χ1) is 18.4. The Balaban J connectivity index is 1.43. The van der Waals surface area contributed by atoms with Crippen molar-refractivity contribution in [1.29, 1.82) is 0 Å². The van der Waals surface area contributed by atoms with Crippen molar-refractivity contribution in [1.82, 2.24) is 10.6 Å². The van der Waals surface area contributed by atoms with Gasteiger partial charge < -0.3 is 20.6 Å². The summed E-state index contributed by atoms with van der Waals surface area (Å²) in [5.74, 6) is -1.73. The number of amides is 1. The number of aliphatic hydroxyl groups is 1. The van der Waals surface area contributed by atoms with Crippen LogP contribution in [0.3, 0.4) is 0 Å². The molecule has 202 valence electrons. The van der Waals surface area contributed by atoms with Crippen molar-refractivity contribution in [3.8, 4) is 0 Å². The van der Waals surface area contributed by atoms with Crippen molar-refractivity contribution in [3.63, 3.8) is 0 Å². The molecular weight excluding hydrogens is 484 g/mol. The maximum absolute atomic E-state index is 13.8. The van der Waals surface area contributed by atoms with E-state index in [4.69, 9.17) is 0 Å². The van der Waals surface area contributed by atoms with E-state index in [1.54, 1.807) is 12.1 Å². The van der Waals surface area contributed by atoms with Crippen molar-refractivity contribution >= 4 is 11.6 Å². The lowest BCUT2D eigenvalue weighted by Crippen LogP contribution is -2.48. The van der Waals surface area contributed by atoms with Crippen LogP contribution in [0.4, 0.5) is 14.5 Å². The quantitative estimate of drug-likeness (QED) is 0.332. The Morgan fingerprint density at radius 1 is 0.921 bits per heavy atom. The zero-order chi connectivity index (χ0) is 26.9. The van der Waals surface area contributed by atoms with Gasteiger partial charge in [0.2, 0.25) is 0 Å². The summed E-state index contributed by atoms with van der Waals surface area (Å²) in [6.07, 6.45) is 3.62. The Hall–Kier alpha value is -3.29. The van der Waals surface area contributed by atoms with E-state index >= 15 is 0 Å². The molecule has 2 atom stereocenters. The van der Waals surface area contributed by atoms with E-state index in [9.17, 15) is 18.7 Å². The Labute approximate surface area is 223 Å². The van der Waals surface area contributed by atoms with E-state index in [1.807, 2.05) is 24.3 Å². The second kappa shape index (κ2) is 13.5. The summed E-state index contributed by atoms with van der Waals surface area (Å²) in [4.78, 5) is 15.5. The predicted octanol–water partition coefficient (Wildman–Crippen LogP) is 5.01. The lowest BCUT2D eigenvalue weighted by atomic mass is 10.00. The van der Waals surface area contributed by atoms with E-state index in [0.29, 0.717) is 17.7 Å². The summed E-state index contributed by atoms with van der Waals surface area (Å²) in [5, 5.41) is 17.2. The second-order valence-electron chi connectivity index (χ2n) is 10.0. The molecule has 1 saturated heterocycles. The van der Waals surface area contributed by atoms with E-state index in [2.05, 4.69) is 34.6 Å². The molecule has 3 aromatic rings. The van der Waals surface area contributed by atoms with Crippen LogP contribution >= 0.6 is 0 Å². The van der Waals surface area contributed by atoms with Crippen LogP contribution in [0.1, 0.15) is 53.2 Å². The summed E-state index contributed by atoms with van der Waals surface area (Å²) in [5.41, 5.74) is 4.25. The van der Waals surface area contributed by atoms with Crippen LogP contribution in [0.5, 0.6) is 0 Å². The summed E-state index contributed by atoms with van der Waals surface area (Å²) < 4.78 is 27.7. The molecule has 0 saturated carbocycles. The Bertz CT molecular complexity index is 1180. The van der Waals surface area contributed by atoms with Crippen molar-refractivity contribution < 1.29 is 18.7 Å². The highest BCUT2D eigenvalue weighted by atomic mass is 19.1. The van der Waals surface area contributed by atoms with Gasteiger partial charge in [0.05, 0.1) is 12.1 Å². The van der Waals surface area contributed by atoms with E-state index < -0.39 is 23.8 Å². The number of rotatable bonds is 11. The first kappa shape index (κ1) is 27.7. The molecule has 5 nitrogen and oxygen atoms in total. The molecule has 38 heavy (non-hydrogen) atoms. The standard InChI is InChI=1S/C31H37F2N3O2/c1-2-22-7-6-8-23(15-22)20-34-21-30(37)29(18-24-16-26(32)19-27(33)17-24)35-31(38)25-9-11-28(12-10-25)36-13-4-3-5-14-36/h6-12,15-17,19,29-30,34,37H,2-5,13-14,18,20-21H2,1H3,(H,35,38). The largest absolute Gasteiger partial charge is 0.390 e. The van der Waals surface area contributed by atoms with Crippen molar-refractivity contribution in [2.24, 2.45) is 0 Å². The second-order valence-corrected chi connectivity index (χ2v) is 10.0. The number of halogens is 2. The summed E-state index contributed by atoms with van der Waals surface area (Å²) in [6, 6.07) is 18.2. The number of carbonyl (C=O) groups excluding carboxylic acids is 1. The maximum Gasteiger partial charge on any atom is 0.251 e. The van der Waals surface area contributed by atoms with Crippen molar-refractivity contribution in [3.05, 3.63) is 101 Å². The van der Waals surface area contributed by atoms with Gasteiger partial charge >= 0.3 is 0 Å². The highest BCUT2D eigenvalue weighted by molar-refractivity contribution is 5.94. The Kier molecular flexibility index (Phi) is 9.85. The molecule has 0 radical (unpaired) electrons. The van der Waals surface area contributed by atoms with E-state index in [0.717, 1.165) is 36.8 Å². The number of benzene rings is 3.